The predicted octanol–water partition coefficient (Wildman–Crippen LogP) is 6.91. The van der Waals surface area contributed by atoms with Crippen LogP contribution in [0.5, 0.6) is 0 Å². The van der Waals surface area contributed by atoms with Crippen LogP contribution in [0.4, 0.5) is 0 Å². The van der Waals surface area contributed by atoms with Crippen LogP contribution in [0.2, 0.25) is 0 Å². The molecule has 4 fully saturated rings. The van der Waals surface area contributed by atoms with Crippen molar-refractivity contribution in [3.05, 3.63) is 11.6 Å². The summed E-state index contributed by atoms with van der Waals surface area (Å²) in [5.41, 5.74) is 1.90. The van der Waals surface area contributed by atoms with Crippen LogP contribution in [-0.4, -0.2) is 16.9 Å². The van der Waals surface area contributed by atoms with Crippen molar-refractivity contribution < 1.29 is 14.7 Å². The molecule has 1 N–H and O–H groups in total. The topological polar surface area (TPSA) is 54.4 Å². The van der Waals surface area contributed by atoms with Gasteiger partial charge in [0.2, 0.25) is 0 Å². The van der Waals surface area contributed by atoms with Crippen LogP contribution in [0, 0.1) is 57.2 Å². The number of allylic oxidation sites excluding steroid dienone is 2. The van der Waals surface area contributed by atoms with Gasteiger partial charge in [-0.1, -0.05) is 47.1 Å². The number of rotatable bonds is 1. The van der Waals surface area contributed by atoms with E-state index in [0.29, 0.717) is 23.5 Å². The van der Waals surface area contributed by atoms with E-state index in [2.05, 4.69) is 47.6 Å². The van der Waals surface area contributed by atoms with Crippen LogP contribution in [0.15, 0.2) is 11.6 Å². The Morgan fingerprint density at radius 1 is 0.906 bits per heavy atom. The maximum atomic E-state index is 14.0. The van der Waals surface area contributed by atoms with Gasteiger partial charge in [-0.2, -0.15) is 0 Å². The number of aliphatic carboxylic acids is 1. The summed E-state index contributed by atoms with van der Waals surface area (Å²) in [6.07, 6.45) is 11.7. The molecular weight excluding hydrogens is 396 g/mol. The molecule has 4 unspecified atom stereocenters. The normalized spacial score (nSPS) is 52.1. The zero-order valence-electron chi connectivity index (χ0n) is 21.2. The van der Waals surface area contributed by atoms with Gasteiger partial charge in [0.05, 0.1) is 5.92 Å². The minimum atomic E-state index is -0.646. The predicted molar refractivity (Wildman–Crippen MR) is 127 cm³/mol. The average molecular weight is 441 g/mol. The Bertz CT molecular complexity index is 870. The Kier molecular flexibility index (Phi) is 4.92. The molecule has 0 aliphatic heterocycles. The molecule has 0 heterocycles. The lowest BCUT2D eigenvalue weighted by atomic mass is 9.36. The lowest BCUT2D eigenvalue weighted by Gasteiger charge is -2.67. The van der Waals surface area contributed by atoms with Gasteiger partial charge in [-0.05, 0) is 109 Å². The quantitative estimate of drug-likeness (QED) is 0.482. The van der Waals surface area contributed by atoms with Crippen molar-refractivity contribution in [1.82, 2.24) is 0 Å². The van der Waals surface area contributed by atoms with Crippen molar-refractivity contribution in [1.29, 1.82) is 0 Å². The standard InChI is InChI=1S/C29H44O3/c1-17-7-13-29(6)23(26(17,2)3)10-14-28(5)20-9-12-27(4)11-8-18(25(31)32)15-21(27)19(20)16-22(30)24(28)29/h16-18,20-21,23-24H,7-15H2,1-6H3,(H,31,32)/t17-,18-,20?,21?,23?,24?,27+,28-,29-/m0/s1. The summed E-state index contributed by atoms with van der Waals surface area (Å²) in [6.45, 7) is 14.6. The molecule has 9 atom stereocenters. The summed E-state index contributed by atoms with van der Waals surface area (Å²) in [5, 5.41) is 9.75. The van der Waals surface area contributed by atoms with Crippen LogP contribution in [-0.2, 0) is 9.59 Å². The van der Waals surface area contributed by atoms with Crippen molar-refractivity contribution in [2.24, 2.45) is 57.2 Å². The fraction of sp³-hybridized carbons (Fsp3) is 0.862. The zero-order chi connectivity index (χ0) is 23.3. The van der Waals surface area contributed by atoms with Crippen LogP contribution in [0.3, 0.4) is 0 Å². The molecule has 178 valence electrons. The summed E-state index contributed by atoms with van der Waals surface area (Å²) in [7, 11) is 0. The zero-order valence-corrected chi connectivity index (χ0v) is 21.2. The number of carbonyl (C=O) groups excluding carboxylic acids is 1. The van der Waals surface area contributed by atoms with E-state index in [0.717, 1.165) is 25.7 Å². The third-order valence-electron chi connectivity index (χ3n) is 12.3. The third-order valence-corrected chi connectivity index (χ3v) is 12.3. The van der Waals surface area contributed by atoms with Crippen molar-refractivity contribution in [2.45, 2.75) is 99.3 Å². The van der Waals surface area contributed by atoms with Crippen LogP contribution in [0.1, 0.15) is 99.3 Å². The van der Waals surface area contributed by atoms with Gasteiger partial charge < -0.3 is 5.11 Å². The number of carbonyl (C=O) groups is 2. The van der Waals surface area contributed by atoms with Gasteiger partial charge >= 0.3 is 5.97 Å². The van der Waals surface area contributed by atoms with Gasteiger partial charge in [0.25, 0.3) is 0 Å². The highest BCUT2D eigenvalue weighted by Crippen LogP contribution is 2.71. The molecule has 0 spiro atoms. The lowest BCUT2D eigenvalue weighted by Crippen LogP contribution is -2.63. The van der Waals surface area contributed by atoms with Gasteiger partial charge in [0.1, 0.15) is 0 Å². The molecule has 4 saturated carbocycles. The second kappa shape index (κ2) is 6.95. The largest absolute Gasteiger partial charge is 0.481 e. The SMILES string of the molecule is C[C@H]1CC[C@@]2(C)C(CC[C@@]3(C)C4CC[C@@]5(C)CC[C@H](C(=O)O)CC5C4=CC(=O)C32)C1(C)C. The highest BCUT2D eigenvalue weighted by Gasteiger charge is 2.66. The molecular formula is C29H44O3. The third kappa shape index (κ3) is 2.84. The molecule has 0 aromatic carbocycles. The van der Waals surface area contributed by atoms with Crippen LogP contribution in [0.25, 0.3) is 0 Å². The summed E-state index contributed by atoms with van der Waals surface area (Å²) in [5.74, 6) is 1.64. The number of carboxylic acid groups (broad SMARTS) is 1. The average Bonchev–Trinajstić information content (AvgIpc) is 2.69. The smallest absolute Gasteiger partial charge is 0.306 e. The van der Waals surface area contributed by atoms with E-state index in [-0.39, 0.29) is 39.4 Å². The molecule has 0 bridgehead atoms. The van der Waals surface area contributed by atoms with E-state index in [1.54, 1.807) is 0 Å². The number of hydrogen-bond acceptors (Lipinski definition) is 2. The Hall–Kier alpha value is -1.12. The Morgan fingerprint density at radius 2 is 1.56 bits per heavy atom. The highest BCUT2D eigenvalue weighted by molar-refractivity contribution is 5.95. The highest BCUT2D eigenvalue weighted by atomic mass is 16.4. The summed E-state index contributed by atoms with van der Waals surface area (Å²) >= 11 is 0. The van der Waals surface area contributed by atoms with Gasteiger partial charge in [-0.3, -0.25) is 9.59 Å². The maximum absolute atomic E-state index is 14.0. The van der Waals surface area contributed by atoms with E-state index >= 15 is 0 Å². The molecule has 5 aliphatic rings. The maximum Gasteiger partial charge on any atom is 0.306 e. The molecule has 0 amide bonds. The molecule has 0 radical (unpaired) electrons. The van der Waals surface area contributed by atoms with Crippen molar-refractivity contribution in [3.8, 4) is 0 Å². The summed E-state index contributed by atoms with van der Waals surface area (Å²) in [4.78, 5) is 25.9. The molecule has 3 heteroatoms. The first-order valence-electron chi connectivity index (χ1n) is 13.3. The van der Waals surface area contributed by atoms with E-state index < -0.39 is 5.97 Å². The van der Waals surface area contributed by atoms with E-state index in [9.17, 15) is 14.7 Å². The number of ketones is 1. The Labute approximate surface area is 194 Å². The molecule has 0 aromatic heterocycles. The first-order valence-corrected chi connectivity index (χ1v) is 13.3. The second-order valence-corrected chi connectivity index (χ2v) is 14.0. The van der Waals surface area contributed by atoms with Crippen molar-refractivity contribution in [2.75, 3.05) is 0 Å². The van der Waals surface area contributed by atoms with Gasteiger partial charge in [-0.25, -0.2) is 0 Å². The van der Waals surface area contributed by atoms with Crippen LogP contribution < -0.4 is 0 Å². The summed E-state index contributed by atoms with van der Waals surface area (Å²) < 4.78 is 0. The molecule has 5 rings (SSSR count). The molecule has 0 saturated heterocycles. The number of fused-ring (bicyclic) bond motifs is 7. The second-order valence-electron chi connectivity index (χ2n) is 14.0. The molecule has 3 nitrogen and oxygen atoms in total. The summed E-state index contributed by atoms with van der Waals surface area (Å²) in [6, 6.07) is 0. The first-order chi connectivity index (χ1) is 14.8. The van der Waals surface area contributed by atoms with Gasteiger partial charge in [-0.15, -0.1) is 0 Å². The fourth-order valence-electron chi connectivity index (χ4n) is 10.2. The monoisotopic (exact) mass is 440 g/mol. The number of hydrogen-bond donors (Lipinski definition) is 1. The molecule has 5 aliphatic carbocycles. The van der Waals surface area contributed by atoms with Gasteiger partial charge in [0, 0.05) is 5.92 Å². The lowest BCUT2D eigenvalue weighted by molar-refractivity contribution is -0.176. The molecule has 32 heavy (non-hydrogen) atoms. The Morgan fingerprint density at radius 3 is 2.25 bits per heavy atom. The minimum absolute atomic E-state index is 0.0283. The van der Waals surface area contributed by atoms with Crippen molar-refractivity contribution in [3.63, 3.8) is 0 Å². The van der Waals surface area contributed by atoms with E-state index in [1.807, 2.05) is 0 Å². The Balaban J connectivity index is 1.56. The van der Waals surface area contributed by atoms with Gasteiger partial charge in [0.15, 0.2) is 5.78 Å². The minimum Gasteiger partial charge on any atom is -0.481 e. The molecule has 0 aromatic rings. The fourth-order valence-corrected chi connectivity index (χ4v) is 10.2. The van der Waals surface area contributed by atoms with Crippen LogP contribution >= 0.6 is 0 Å². The van der Waals surface area contributed by atoms with Crippen molar-refractivity contribution >= 4 is 11.8 Å². The first kappa shape index (κ1) is 22.7. The van der Waals surface area contributed by atoms with E-state index in [4.69, 9.17) is 0 Å². The number of carboxylic acids is 1. The van der Waals surface area contributed by atoms with E-state index in [1.165, 1.54) is 37.7 Å².